The van der Waals surface area contributed by atoms with Gasteiger partial charge in [-0.2, -0.15) is 0 Å². The molecular weight excluding hydrogens is 327 g/mol. The lowest BCUT2D eigenvalue weighted by molar-refractivity contribution is 0.00839. The number of hydrogen-bond donors (Lipinski definition) is 1. The number of aliphatic hydroxyl groups is 1. The monoisotopic (exact) mass is 340 g/mol. The van der Waals surface area contributed by atoms with Crippen LogP contribution in [0.5, 0.6) is 0 Å². The van der Waals surface area contributed by atoms with Gasteiger partial charge in [0.2, 0.25) is 0 Å². The van der Waals surface area contributed by atoms with E-state index in [-0.39, 0.29) is 0 Å². The van der Waals surface area contributed by atoms with E-state index in [1.807, 2.05) is 49.4 Å². The molecule has 110 valence electrons. The van der Waals surface area contributed by atoms with Crippen LogP contribution in [-0.4, -0.2) is 9.44 Å². The van der Waals surface area contributed by atoms with Crippen molar-refractivity contribution in [3.8, 4) is 0 Å². The molecule has 1 aliphatic rings. The van der Waals surface area contributed by atoms with Crippen LogP contribution < -0.4 is 0 Å². The van der Waals surface area contributed by atoms with Crippen molar-refractivity contribution >= 4 is 34.8 Å². The second kappa shape index (κ2) is 4.89. The highest BCUT2D eigenvalue weighted by molar-refractivity contribution is 6.51. The molecule has 1 fully saturated rings. The quantitative estimate of drug-likeness (QED) is 0.765. The Labute approximate surface area is 139 Å². The molecule has 21 heavy (non-hydrogen) atoms. The van der Waals surface area contributed by atoms with Crippen molar-refractivity contribution in [3.63, 3.8) is 0 Å². The maximum absolute atomic E-state index is 11.6. The Bertz CT molecular complexity index is 653. The molecule has 1 saturated carbocycles. The van der Waals surface area contributed by atoms with E-state index in [2.05, 4.69) is 0 Å². The van der Waals surface area contributed by atoms with Crippen LogP contribution in [0.1, 0.15) is 24.5 Å². The minimum atomic E-state index is -1.26. The van der Waals surface area contributed by atoms with E-state index in [0.717, 1.165) is 11.1 Å². The summed E-state index contributed by atoms with van der Waals surface area (Å²) in [4.78, 5) is 0. The maximum atomic E-state index is 11.6. The fourth-order valence-electron chi connectivity index (χ4n) is 2.97. The highest BCUT2D eigenvalue weighted by Crippen LogP contribution is 2.72. The van der Waals surface area contributed by atoms with Crippen molar-refractivity contribution in [1.29, 1.82) is 0 Å². The average Bonchev–Trinajstić information content (AvgIpc) is 3.00. The molecule has 0 saturated heterocycles. The summed E-state index contributed by atoms with van der Waals surface area (Å²) in [7, 11) is 0. The van der Waals surface area contributed by atoms with Gasteiger partial charge in [0.05, 0.1) is 0 Å². The van der Waals surface area contributed by atoms with Gasteiger partial charge in [-0.05, 0) is 29.7 Å². The third-order valence-electron chi connectivity index (χ3n) is 4.51. The van der Waals surface area contributed by atoms with E-state index >= 15 is 0 Å². The lowest BCUT2D eigenvalue weighted by atomic mass is 9.74. The van der Waals surface area contributed by atoms with E-state index in [1.54, 1.807) is 12.1 Å². The average molecular weight is 342 g/mol. The zero-order chi connectivity index (χ0) is 15.3. The summed E-state index contributed by atoms with van der Waals surface area (Å²) in [6.45, 7) is 1.91. The van der Waals surface area contributed by atoms with Crippen LogP contribution in [0.4, 0.5) is 0 Å². The first-order valence-corrected chi connectivity index (χ1v) is 7.86. The molecule has 1 nitrogen and oxygen atoms in total. The summed E-state index contributed by atoms with van der Waals surface area (Å²) >= 11 is 18.6. The Hall–Kier alpha value is -0.730. The molecule has 0 aromatic heterocycles. The second-order valence-corrected chi connectivity index (χ2v) is 7.72. The molecule has 0 bridgehead atoms. The van der Waals surface area contributed by atoms with Gasteiger partial charge in [0.15, 0.2) is 0 Å². The first-order valence-electron chi connectivity index (χ1n) is 6.73. The van der Waals surface area contributed by atoms with Crippen molar-refractivity contribution in [2.45, 2.75) is 23.3 Å². The highest BCUT2D eigenvalue weighted by Gasteiger charge is 2.73. The van der Waals surface area contributed by atoms with Crippen molar-refractivity contribution in [2.24, 2.45) is 5.41 Å². The minimum absolute atomic E-state index is 0.525. The molecule has 0 amide bonds. The summed E-state index contributed by atoms with van der Waals surface area (Å²) in [6, 6.07) is 16.7. The van der Waals surface area contributed by atoms with Gasteiger partial charge in [-0.1, -0.05) is 61.0 Å². The van der Waals surface area contributed by atoms with E-state index in [0.29, 0.717) is 11.4 Å². The van der Waals surface area contributed by atoms with Crippen LogP contribution in [-0.2, 0) is 5.60 Å². The fraction of sp³-hybridized carbons (Fsp3) is 0.294. The van der Waals surface area contributed by atoms with Gasteiger partial charge in [-0.3, -0.25) is 0 Å². The summed E-state index contributed by atoms with van der Waals surface area (Å²) < 4.78 is -0.947. The Morgan fingerprint density at radius 3 is 1.90 bits per heavy atom. The van der Waals surface area contributed by atoms with Crippen LogP contribution in [0.15, 0.2) is 54.6 Å². The van der Waals surface area contributed by atoms with Crippen molar-refractivity contribution in [3.05, 3.63) is 70.7 Å². The van der Waals surface area contributed by atoms with Crippen molar-refractivity contribution < 1.29 is 5.11 Å². The Morgan fingerprint density at radius 2 is 1.43 bits per heavy atom. The summed E-state index contributed by atoms with van der Waals surface area (Å²) in [5.74, 6) is 0. The summed E-state index contributed by atoms with van der Waals surface area (Å²) in [5, 5.41) is 12.2. The summed E-state index contributed by atoms with van der Waals surface area (Å²) in [6.07, 6.45) is 0.525. The van der Waals surface area contributed by atoms with Gasteiger partial charge in [-0.25, -0.2) is 0 Å². The molecule has 0 aliphatic heterocycles. The lowest BCUT2D eigenvalue weighted by Gasteiger charge is -2.37. The molecule has 0 unspecified atom stereocenters. The number of rotatable bonds is 3. The van der Waals surface area contributed by atoms with Gasteiger partial charge in [0.1, 0.15) is 9.93 Å². The van der Waals surface area contributed by atoms with Crippen molar-refractivity contribution in [1.82, 2.24) is 0 Å². The van der Waals surface area contributed by atoms with Gasteiger partial charge >= 0.3 is 0 Å². The zero-order valence-corrected chi connectivity index (χ0v) is 13.8. The van der Waals surface area contributed by atoms with Crippen LogP contribution in [0.2, 0.25) is 5.02 Å². The molecule has 2 aromatic rings. The standard InChI is InChI=1S/C17H15Cl3O/c1-15(11-16(15,19)20)17(21,12-5-3-2-4-6-12)13-7-9-14(18)10-8-13/h2-10,21H,11H2,1H3/t15-,17-/m1/s1. The van der Waals surface area contributed by atoms with Gasteiger partial charge in [-0.15, -0.1) is 23.2 Å². The molecular formula is C17H15Cl3O. The van der Waals surface area contributed by atoms with Gasteiger partial charge in [0, 0.05) is 10.4 Å². The molecule has 1 N–H and O–H groups in total. The SMILES string of the molecule is C[C@@]1([C@@](O)(c2ccccc2)c2ccc(Cl)cc2)CC1(Cl)Cl. The number of alkyl halides is 2. The van der Waals surface area contributed by atoms with E-state index in [9.17, 15) is 5.11 Å². The molecule has 1 aliphatic carbocycles. The molecule has 0 spiro atoms. The Kier molecular flexibility index (Phi) is 3.53. The third kappa shape index (κ3) is 2.19. The zero-order valence-electron chi connectivity index (χ0n) is 11.5. The van der Waals surface area contributed by atoms with Crippen LogP contribution in [0.3, 0.4) is 0 Å². The fourth-order valence-corrected chi connectivity index (χ4v) is 3.90. The predicted octanol–water partition coefficient (Wildman–Crippen LogP) is 5.16. The second-order valence-electron chi connectivity index (χ2n) is 5.80. The molecule has 3 rings (SSSR count). The van der Waals surface area contributed by atoms with E-state index < -0.39 is 15.3 Å². The summed E-state index contributed by atoms with van der Waals surface area (Å²) in [5.41, 5.74) is -0.400. The largest absolute Gasteiger partial charge is 0.380 e. The van der Waals surface area contributed by atoms with Crippen LogP contribution >= 0.6 is 34.8 Å². The first kappa shape index (κ1) is 15.2. The maximum Gasteiger partial charge on any atom is 0.127 e. The molecule has 2 aromatic carbocycles. The topological polar surface area (TPSA) is 20.2 Å². The molecule has 4 heteroatoms. The molecule has 0 heterocycles. The number of benzene rings is 2. The molecule has 2 atom stereocenters. The van der Waals surface area contributed by atoms with Crippen molar-refractivity contribution in [2.75, 3.05) is 0 Å². The van der Waals surface area contributed by atoms with Crippen LogP contribution in [0.25, 0.3) is 0 Å². The minimum Gasteiger partial charge on any atom is -0.380 e. The lowest BCUT2D eigenvalue weighted by Crippen LogP contribution is -2.39. The molecule has 0 radical (unpaired) electrons. The Morgan fingerprint density at radius 1 is 0.952 bits per heavy atom. The van der Waals surface area contributed by atoms with Gasteiger partial charge < -0.3 is 5.11 Å². The van der Waals surface area contributed by atoms with Crippen LogP contribution in [0, 0.1) is 5.41 Å². The number of halogens is 3. The Balaban J connectivity index is 2.19. The van der Waals surface area contributed by atoms with E-state index in [1.165, 1.54) is 0 Å². The highest BCUT2D eigenvalue weighted by atomic mass is 35.5. The normalized spacial score (nSPS) is 26.1. The van der Waals surface area contributed by atoms with E-state index in [4.69, 9.17) is 34.8 Å². The smallest absolute Gasteiger partial charge is 0.127 e. The predicted molar refractivity (Wildman–Crippen MR) is 88.1 cm³/mol. The van der Waals surface area contributed by atoms with Gasteiger partial charge in [0.25, 0.3) is 0 Å². The number of hydrogen-bond acceptors (Lipinski definition) is 1. The third-order valence-corrected chi connectivity index (χ3v) is 5.86. The first-order chi connectivity index (χ1) is 9.81.